The summed E-state index contributed by atoms with van der Waals surface area (Å²) in [5.74, 6) is 0. The van der Waals surface area contributed by atoms with Gasteiger partial charge in [0.2, 0.25) is 10.0 Å². The van der Waals surface area contributed by atoms with E-state index in [0.717, 1.165) is 14.9 Å². The first-order valence-electron chi connectivity index (χ1n) is 5.49. The van der Waals surface area contributed by atoms with E-state index in [1.807, 2.05) is 19.1 Å². The van der Waals surface area contributed by atoms with Gasteiger partial charge in [-0.05, 0) is 46.1 Å². The third kappa shape index (κ3) is 3.36. The predicted molar refractivity (Wildman–Crippen MR) is 81.6 cm³/mol. The minimum absolute atomic E-state index is 0.184. The number of rotatable bonds is 4. The summed E-state index contributed by atoms with van der Waals surface area (Å²) in [5.41, 5.74) is 8.02. The second-order valence-electron chi connectivity index (χ2n) is 4.05. The number of hydrogen-bond acceptors (Lipinski definition) is 4. The Morgan fingerprint density at radius 2 is 2.05 bits per heavy atom. The van der Waals surface area contributed by atoms with Crippen molar-refractivity contribution in [1.82, 2.24) is 4.72 Å². The van der Waals surface area contributed by atoms with Crippen LogP contribution in [0.1, 0.15) is 11.1 Å². The highest BCUT2D eigenvalue weighted by molar-refractivity contribution is 9.11. The van der Waals surface area contributed by atoms with Crippen molar-refractivity contribution in [2.75, 3.05) is 5.73 Å². The fourth-order valence-corrected chi connectivity index (χ4v) is 4.78. The number of benzene rings is 1. The van der Waals surface area contributed by atoms with Gasteiger partial charge in [0.05, 0.1) is 3.79 Å². The highest BCUT2D eigenvalue weighted by Gasteiger charge is 2.18. The average Bonchev–Trinajstić information content (AvgIpc) is 2.70. The molecule has 102 valence electrons. The normalized spacial score (nSPS) is 11.7. The topological polar surface area (TPSA) is 72.2 Å². The second kappa shape index (κ2) is 5.62. The molecule has 0 bridgehead atoms. The van der Waals surface area contributed by atoms with E-state index < -0.39 is 10.0 Å². The van der Waals surface area contributed by atoms with Crippen molar-refractivity contribution in [2.45, 2.75) is 17.7 Å². The van der Waals surface area contributed by atoms with Gasteiger partial charge in [-0.1, -0.05) is 18.2 Å². The number of nitrogen functional groups attached to an aromatic ring is 1. The fraction of sp³-hybridized carbons (Fsp3) is 0.167. The molecule has 0 saturated carbocycles. The van der Waals surface area contributed by atoms with Crippen LogP contribution in [0.4, 0.5) is 5.69 Å². The first-order chi connectivity index (χ1) is 8.90. The molecule has 3 N–H and O–H groups in total. The van der Waals surface area contributed by atoms with Crippen LogP contribution in [0.15, 0.2) is 38.3 Å². The summed E-state index contributed by atoms with van der Waals surface area (Å²) in [4.78, 5) is 0. The summed E-state index contributed by atoms with van der Waals surface area (Å²) in [6.45, 7) is 2.04. The minimum Gasteiger partial charge on any atom is -0.398 e. The molecular formula is C12H13BrN2O2S2. The van der Waals surface area contributed by atoms with Crippen LogP contribution in [0.3, 0.4) is 0 Å². The van der Waals surface area contributed by atoms with Gasteiger partial charge in [0, 0.05) is 12.2 Å². The summed E-state index contributed by atoms with van der Waals surface area (Å²) in [5, 5.41) is 0. The van der Waals surface area contributed by atoms with Gasteiger partial charge in [0.1, 0.15) is 4.21 Å². The van der Waals surface area contributed by atoms with Crippen LogP contribution in [0, 0.1) is 6.92 Å². The molecule has 0 amide bonds. The van der Waals surface area contributed by atoms with Crippen LogP contribution in [0.2, 0.25) is 0 Å². The van der Waals surface area contributed by atoms with Crippen molar-refractivity contribution >= 4 is 43.0 Å². The predicted octanol–water partition coefficient (Wildman–Crippen LogP) is 2.88. The van der Waals surface area contributed by atoms with E-state index >= 15 is 0 Å². The molecular weight excluding hydrogens is 348 g/mol. The number of aryl methyl sites for hydroxylation is 1. The maximum atomic E-state index is 12.1. The molecule has 0 aliphatic rings. The first kappa shape index (κ1) is 14.5. The molecule has 7 heteroatoms. The lowest BCUT2D eigenvalue weighted by Crippen LogP contribution is -2.22. The summed E-state index contributed by atoms with van der Waals surface area (Å²) in [6.07, 6.45) is 0. The molecule has 19 heavy (non-hydrogen) atoms. The van der Waals surface area contributed by atoms with Gasteiger partial charge < -0.3 is 5.73 Å². The smallest absolute Gasteiger partial charge is 0.250 e. The molecule has 2 rings (SSSR count). The van der Waals surface area contributed by atoms with Crippen LogP contribution < -0.4 is 10.5 Å². The Labute approximate surface area is 124 Å². The van der Waals surface area contributed by atoms with Crippen molar-refractivity contribution in [3.05, 3.63) is 45.2 Å². The molecule has 0 unspecified atom stereocenters. The number of thiophene rings is 1. The summed E-state index contributed by atoms with van der Waals surface area (Å²) in [6, 6.07) is 8.83. The van der Waals surface area contributed by atoms with Crippen molar-refractivity contribution in [1.29, 1.82) is 0 Å². The summed E-state index contributed by atoms with van der Waals surface area (Å²) in [7, 11) is -3.49. The van der Waals surface area contributed by atoms with Crippen molar-refractivity contribution in [3.8, 4) is 0 Å². The zero-order chi connectivity index (χ0) is 14.0. The number of para-hydroxylation sites is 1. The van der Waals surface area contributed by atoms with Gasteiger partial charge in [-0.2, -0.15) is 0 Å². The SMILES string of the molecule is Cc1cc(S(=O)(=O)NCc2ccccc2N)sc1Br. The Kier molecular flexibility index (Phi) is 4.29. The zero-order valence-electron chi connectivity index (χ0n) is 10.2. The van der Waals surface area contributed by atoms with E-state index in [0.29, 0.717) is 9.90 Å². The van der Waals surface area contributed by atoms with Crippen LogP contribution in [0.25, 0.3) is 0 Å². The van der Waals surface area contributed by atoms with E-state index in [-0.39, 0.29) is 6.54 Å². The summed E-state index contributed by atoms with van der Waals surface area (Å²) >= 11 is 4.52. The standard InChI is InChI=1S/C12H13BrN2O2S2/c1-8-6-11(18-12(8)13)19(16,17)15-7-9-4-2-3-5-10(9)14/h2-6,15H,7,14H2,1H3. The first-order valence-corrected chi connectivity index (χ1v) is 8.58. The van der Waals surface area contributed by atoms with E-state index in [1.54, 1.807) is 18.2 Å². The molecule has 0 aliphatic carbocycles. The van der Waals surface area contributed by atoms with E-state index in [2.05, 4.69) is 20.7 Å². The number of nitrogens with one attached hydrogen (secondary N) is 1. The van der Waals surface area contributed by atoms with Gasteiger partial charge in [-0.25, -0.2) is 13.1 Å². The molecule has 0 radical (unpaired) electrons. The number of sulfonamides is 1. The minimum atomic E-state index is -3.49. The van der Waals surface area contributed by atoms with Gasteiger partial charge in [-0.3, -0.25) is 0 Å². The third-order valence-corrected chi connectivity index (χ3v) is 6.62. The van der Waals surface area contributed by atoms with Crippen molar-refractivity contribution in [3.63, 3.8) is 0 Å². The van der Waals surface area contributed by atoms with Gasteiger partial charge in [-0.15, -0.1) is 11.3 Å². The van der Waals surface area contributed by atoms with E-state index in [4.69, 9.17) is 5.73 Å². The molecule has 0 atom stereocenters. The fourth-order valence-electron chi connectivity index (χ4n) is 1.50. The molecule has 1 aromatic carbocycles. The Bertz CT molecular complexity index is 676. The average molecular weight is 361 g/mol. The Balaban J connectivity index is 2.17. The molecule has 1 heterocycles. The highest BCUT2D eigenvalue weighted by Crippen LogP contribution is 2.30. The van der Waals surface area contributed by atoms with Gasteiger partial charge >= 0.3 is 0 Å². The van der Waals surface area contributed by atoms with E-state index in [9.17, 15) is 8.42 Å². The number of anilines is 1. The Morgan fingerprint density at radius 3 is 2.63 bits per heavy atom. The van der Waals surface area contributed by atoms with Crippen molar-refractivity contribution < 1.29 is 8.42 Å². The van der Waals surface area contributed by atoms with Crippen molar-refractivity contribution in [2.24, 2.45) is 0 Å². The third-order valence-electron chi connectivity index (χ3n) is 2.61. The monoisotopic (exact) mass is 360 g/mol. The lowest BCUT2D eigenvalue weighted by molar-refractivity contribution is 0.583. The quantitative estimate of drug-likeness (QED) is 0.823. The van der Waals surface area contributed by atoms with Crippen LogP contribution in [0.5, 0.6) is 0 Å². The molecule has 1 aromatic heterocycles. The Hall–Kier alpha value is -0.890. The molecule has 4 nitrogen and oxygen atoms in total. The van der Waals surface area contributed by atoms with E-state index in [1.165, 1.54) is 11.3 Å². The molecule has 0 aliphatic heterocycles. The number of nitrogens with two attached hydrogens (primary N) is 1. The largest absolute Gasteiger partial charge is 0.398 e. The molecule has 0 saturated heterocycles. The lowest BCUT2D eigenvalue weighted by atomic mass is 10.2. The molecule has 0 spiro atoms. The number of hydrogen-bond donors (Lipinski definition) is 2. The highest BCUT2D eigenvalue weighted by atomic mass is 79.9. The zero-order valence-corrected chi connectivity index (χ0v) is 13.4. The maximum absolute atomic E-state index is 12.1. The maximum Gasteiger partial charge on any atom is 0.250 e. The lowest BCUT2D eigenvalue weighted by Gasteiger charge is -2.07. The van der Waals surface area contributed by atoms with Crippen LogP contribution >= 0.6 is 27.3 Å². The molecule has 0 fully saturated rings. The second-order valence-corrected chi connectivity index (χ2v) is 8.41. The number of halogens is 1. The van der Waals surface area contributed by atoms with Gasteiger partial charge in [0.25, 0.3) is 0 Å². The van der Waals surface area contributed by atoms with Crippen LogP contribution in [-0.4, -0.2) is 8.42 Å². The summed E-state index contributed by atoms with van der Waals surface area (Å²) < 4.78 is 27.9. The Morgan fingerprint density at radius 1 is 1.37 bits per heavy atom. The van der Waals surface area contributed by atoms with Crippen LogP contribution in [-0.2, 0) is 16.6 Å². The molecule has 2 aromatic rings. The van der Waals surface area contributed by atoms with Gasteiger partial charge in [0.15, 0.2) is 0 Å².